The van der Waals surface area contributed by atoms with Gasteiger partial charge in [0, 0.05) is 5.56 Å². The maximum atomic E-state index is 12.4. The van der Waals surface area contributed by atoms with Crippen LogP contribution in [0.2, 0.25) is 5.02 Å². The molecule has 0 heterocycles. The van der Waals surface area contributed by atoms with Gasteiger partial charge in [-0.15, -0.1) is 0 Å². The predicted molar refractivity (Wildman–Crippen MR) is 117 cm³/mol. The average Bonchev–Trinajstić information content (AvgIpc) is 2.76. The van der Waals surface area contributed by atoms with Crippen LogP contribution in [-0.2, 0) is 6.61 Å². The number of hydrazone groups is 1. The summed E-state index contributed by atoms with van der Waals surface area (Å²) in [5.41, 5.74) is 4.51. The van der Waals surface area contributed by atoms with Gasteiger partial charge in [0.2, 0.25) is 0 Å². The Balaban J connectivity index is 1.67. The summed E-state index contributed by atoms with van der Waals surface area (Å²) in [5, 5.41) is 13.6. The van der Waals surface area contributed by atoms with E-state index in [9.17, 15) is 9.90 Å². The number of nitrogens with zero attached hydrogens (tertiary/aromatic N) is 1. The Bertz CT molecular complexity index is 1040. The van der Waals surface area contributed by atoms with Gasteiger partial charge in [0.1, 0.15) is 12.4 Å². The molecule has 3 aromatic rings. The van der Waals surface area contributed by atoms with Crippen molar-refractivity contribution in [1.29, 1.82) is 0 Å². The van der Waals surface area contributed by atoms with Gasteiger partial charge in [-0.3, -0.25) is 4.79 Å². The van der Waals surface area contributed by atoms with Crippen molar-refractivity contribution < 1.29 is 19.4 Å². The van der Waals surface area contributed by atoms with Crippen molar-refractivity contribution in [2.75, 3.05) is 6.61 Å². The minimum Gasteiger partial charge on any atom is -0.506 e. The topological polar surface area (TPSA) is 80.2 Å². The first kappa shape index (κ1) is 21.2. The number of carbonyl (C=O) groups is 1. The smallest absolute Gasteiger partial charge is 0.271 e. The third kappa shape index (κ3) is 5.75. The molecule has 0 atom stereocenters. The monoisotopic (exact) mass is 424 g/mol. The summed E-state index contributed by atoms with van der Waals surface area (Å²) in [6.07, 6.45) is 1.43. The molecule has 0 aliphatic carbocycles. The van der Waals surface area contributed by atoms with E-state index in [2.05, 4.69) is 10.5 Å². The molecule has 0 spiro atoms. The second kappa shape index (κ2) is 10.3. The highest BCUT2D eigenvalue weighted by molar-refractivity contribution is 6.32. The van der Waals surface area contributed by atoms with Gasteiger partial charge in [0.05, 0.1) is 17.8 Å². The van der Waals surface area contributed by atoms with Crippen LogP contribution in [-0.4, -0.2) is 23.8 Å². The molecule has 3 aromatic carbocycles. The number of benzene rings is 3. The van der Waals surface area contributed by atoms with Crippen LogP contribution in [0.15, 0.2) is 71.8 Å². The highest BCUT2D eigenvalue weighted by Gasteiger charge is 2.11. The van der Waals surface area contributed by atoms with E-state index in [0.717, 1.165) is 5.56 Å². The largest absolute Gasteiger partial charge is 0.506 e. The highest BCUT2D eigenvalue weighted by atomic mass is 35.5. The zero-order valence-electron chi connectivity index (χ0n) is 16.3. The van der Waals surface area contributed by atoms with Crippen LogP contribution in [0.25, 0.3) is 0 Å². The first-order valence-electron chi connectivity index (χ1n) is 9.32. The molecule has 0 aliphatic heterocycles. The number of carbonyl (C=O) groups excluding carboxylic acids is 1. The number of hydrogen-bond acceptors (Lipinski definition) is 5. The summed E-state index contributed by atoms with van der Waals surface area (Å²) < 4.78 is 11.5. The molecule has 0 radical (unpaired) electrons. The van der Waals surface area contributed by atoms with Crippen LogP contribution >= 0.6 is 11.6 Å². The van der Waals surface area contributed by atoms with Crippen LogP contribution in [0.4, 0.5) is 0 Å². The summed E-state index contributed by atoms with van der Waals surface area (Å²) in [7, 11) is 0. The third-order valence-electron chi connectivity index (χ3n) is 4.09. The lowest BCUT2D eigenvalue weighted by Crippen LogP contribution is -2.17. The number of nitrogens with one attached hydrogen (secondary N) is 1. The van der Waals surface area contributed by atoms with Gasteiger partial charge in [-0.2, -0.15) is 5.10 Å². The molecular weight excluding hydrogens is 404 g/mol. The molecule has 0 fully saturated rings. The van der Waals surface area contributed by atoms with E-state index in [-0.39, 0.29) is 10.8 Å². The zero-order chi connectivity index (χ0) is 21.3. The minimum absolute atomic E-state index is 0.0177. The fourth-order valence-corrected chi connectivity index (χ4v) is 2.79. The summed E-state index contributed by atoms with van der Waals surface area (Å²) in [5.74, 6) is 0.623. The molecule has 30 heavy (non-hydrogen) atoms. The Morgan fingerprint density at radius 2 is 1.87 bits per heavy atom. The van der Waals surface area contributed by atoms with E-state index in [0.29, 0.717) is 35.8 Å². The zero-order valence-corrected chi connectivity index (χ0v) is 17.1. The Morgan fingerprint density at radius 1 is 1.07 bits per heavy atom. The maximum absolute atomic E-state index is 12.4. The molecule has 0 saturated heterocycles. The van der Waals surface area contributed by atoms with Crippen molar-refractivity contribution in [3.8, 4) is 17.2 Å². The van der Waals surface area contributed by atoms with Crippen LogP contribution in [0.5, 0.6) is 17.2 Å². The quantitative estimate of drug-likeness (QED) is 0.402. The first-order valence-corrected chi connectivity index (χ1v) is 9.70. The predicted octanol–water partition coefficient (Wildman–Crippen LogP) is 4.79. The number of halogens is 1. The molecule has 7 heteroatoms. The molecule has 0 saturated carbocycles. The van der Waals surface area contributed by atoms with Gasteiger partial charge in [-0.05, 0) is 54.4 Å². The van der Waals surface area contributed by atoms with Gasteiger partial charge in [0.15, 0.2) is 11.5 Å². The van der Waals surface area contributed by atoms with Crippen LogP contribution in [0.1, 0.15) is 28.4 Å². The SMILES string of the molecule is CCOc1cc(C(=O)N/N=C/c2ccc(O)c(Cl)c2)ccc1OCc1ccccc1. The Labute approximate surface area is 179 Å². The van der Waals surface area contributed by atoms with Gasteiger partial charge in [0.25, 0.3) is 5.91 Å². The fraction of sp³-hybridized carbons (Fsp3) is 0.130. The number of aromatic hydroxyl groups is 1. The van der Waals surface area contributed by atoms with Crippen LogP contribution in [0.3, 0.4) is 0 Å². The van der Waals surface area contributed by atoms with Crippen molar-refractivity contribution in [3.63, 3.8) is 0 Å². The van der Waals surface area contributed by atoms with E-state index < -0.39 is 5.91 Å². The number of rotatable bonds is 8. The summed E-state index contributed by atoms with van der Waals surface area (Å²) in [6, 6.07) is 19.4. The lowest BCUT2D eigenvalue weighted by atomic mass is 10.2. The lowest BCUT2D eigenvalue weighted by molar-refractivity contribution is 0.0954. The number of phenols is 1. The van der Waals surface area contributed by atoms with Crippen LogP contribution < -0.4 is 14.9 Å². The molecule has 0 bridgehead atoms. The van der Waals surface area contributed by atoms with Gasteiger partial charge < -0.3 is 14.6 Å². The molecule has 0 aliphatic rings. The molecule has 1 amide bonds. The number of phenolic OH excluding ortho intramolecular Hbond substituents is 1. The molecule has 0 aromatic heterocycles. The summed E-state index contributed by atoms with van der Waals surface area (Å²) in [6.45, 7) is 2.69. The standard InChI is InChI=1S/C23H21ClN2O4/c1-2-29-22-13-18(9-11-21(22)30-15-16-6-4-3-5-7-16)23(28)26-25-14-17-8-10-20(27)19(24)12-17/h3-14,27H,2,15H2,1H3,(H,26,28)/b25-14+. The molecule has 154 valence electrons. The normalized spacial score (nSPS) is 10.7. The van der Waals surface area contributed by atoms with Crippen molar-refractivity contribution in [2.24, 2.45) is 5.10 Å². The third-order valence-corrected chi connectivity index (χ3v) is 4.40. The van der Waals surface area contributed by atoms with Crippen molar-refractivity contribution in [1.82, 2.24) is 5.43 Å². The maximum Gasteiger partial charge on any atom is 0.271 e. The summed E-state index contributed by atoms with van der Waals surface area (Å²) in [4.78, 5) is 12.4. The molecule has 6 nitrogen and oxygen atoms in total. The highest BCUT2D eigenvalue weighted by Crippen LogP contribution is 2.29. The second-order valence-corrected chi connectivity index (χ2v) is 6.69. The number of hydrogen-bond donors (Lipinski definition) is 2. The second-order valence-electron chi connectivity index (χ2n) is 6.28. The number of amides is 1. The van der Waals surface area contributed by atoms with Gasteiger partial charge >= 0.3 is 0 Å². The lowest BCUT2D eigenvalue weighted by Gasteiger charge is -2.13. The van der Waals surface area contributed by atoms with Crippen LogP contribution in [0, 0.1) is 0 Å². The van der Waals surface area contributed by atoms with Crippen molar-refractivity contribution >= 4 is 23.7 Å². The minimum atomic E-state index is -0.397. The van der Waals surface area contributed by atoms with Gasteiger partial charge in [-0.25, -0.2) is 5.43 Å². The molecule has 0 unspecified atom stereocenters. The first-order chi connectivity index (χ1) is 14.6. The van der Waals surface area contributed by atoms with E-state index >= 15 is 0 Å². The van der Waals surface area contributed by atoms with Crippen molar-refractivity contribution in [2.45, 2.75) is 13.5 Å². The average molecular weight is 425 g/mol. The van der Waals surface area contributed by atoms with E-state index in [1.807, 2.05) is 37.3 Å². The number of ether oxygens (including phenoxy) is 2. The molecule has 3 rings (SSSR count). The van der Waals surface area contributed by atoms with Crippen molar-refractivity contribution in [3.05, 3.63) is 88.4 Å². The molecular formula is C23H21ClN2O4. The van der Waals surface area contributed by atoms with E-state index in [1.165, 1.54) is 12.3 Å². The van der Waals surface area contributed by atoms with Gasteiger partial charge in [-0.1, -0.05) is 41.9 Å². The fourth-order valence-electron chi connectivity index (χ4n) is 2.61. The summed E-state index contributed by atoms with van der Waals surface area (Å²) >= 11 is 5.85. The van der Waals surface area contributed by atoms with E-state index in [1.54, 1.807) is 30.3 Å². The molecule has 2 N–H and O–H groups in total. The Kier molecular flexibility index (Phi) is 7.29. The van der Waals surface area contributed by atoms with E-state index in [4.69, 9.17) is 21.1 Å². The Hall–Kier alpha value is -3.51. The Morgan fingerprint density at radius 3 is 2.60 bits per heavy atom.